The summed E-state index contributed by atoms with van der Waals surface area (Å²) in [5.74, 6) is 0.755. The Morgan fingerprint density at radius 2 is 1.63 bits per heavy atom. The molecule has 192 valence electrons. The molecular formula is C28H41N3O3S. The average molecular weight is 500 g/mol. The fraction of sp³-hybridized carbons (Fsp3) is 0.571. The minimum atomic E-state index is -3.17. The topological polar surface area (TPSA) is 93.4 Å². The van der Waals surface area contributed by atoms with Gasteiger partial charge in [0.25, 0.3) is 0 Å². The SMILES string of the molecule is Cc1ccc(-c2c(CN)c(CC(C)C)nc(CC(C)C)c2CC(=O)N2CCC(S(C)(=O)=O)C2)cc1. The largest absolute Gasteiger partial charge is 0.341 e. The number of sulfone groups is 1. The molecule has 1 saturated heterocycles. The highest BCUT2D eigenvalue weighted by molar-refractivity contribution is 7.91. The Morgan fingerprint density at radius 3 is 2.11 bits per heavy atom. The van der Waals surface area contributed by atoms with E-state index < -0.39 is 15.1 Å². The lowest BCUT2D eigenvalue weighted by molar-refractivity contribution is -0.129. The van der Waals surface area contributed by atoms with Crippen LogP contribution in [0.2, 0.25) is 0 Å². The molecule has 1 aromatic heterocycles. The minimum absolute atomic E-state index is 0.0455. The predicted octanol–water partition coefficient (Wildman–Crippen LogP) is 4.10. The summed E-state index contributed by atoms with van der Waals surface area (Å²) in [6.45, 7) is 11.8. The fourth-order valence-electron chi connectivity index (χ4n) is 4.93. The van der Waals surface area contributed by atoms with Crippen molar-refractivity contribution in [3.63, 3.8) is 0 Å². The van der Waals surface area contributed by atoms with E-state index in [2.05, 4.69) is 58.9 Å². The summed E-state index contributed by atoms with van der Waals surface area (Å²) in [5, 5.41) is -0.482. The Kier molecular flexibility index (Phi) is 8.76. The molecule has 0 saturated carbocycles. The number of carbonyl (C=O) groups excluding carboxylic acids is 1. The average Bonchev–Trinajstić information content (AvgIpc) is 3.26. The number of benzene rings is 1. The van der Waals surface area contributed by atoms with Gasteiger partial charge in [0.2, 0.25) is 5.91 Å². The number of amides is 1. The molecule has 2 N–H and O–H groups in total. The molecule has 2 heterocycles. The number of aromatic nitrogens is 1. The molecular weight excluding hydrogens is 458 g/mol. The van der Waals surface area contributed by atoms with Crippen LogP contribution in [0.5, 0.6) is 0 Å². The highest BCUT2D eigenvalue weighted by Gasteiger charge is 2.33. The number of hydrogen-bond donors (Lipinski definition) is 1. The van der Waals surface area contributed by atoms with E-state index in [1.807, 2.05) is 0 Å². The third-order valence-electron chi connectivity index (χ3n) is 6.75. The zero-order chi connectivity index (χ0) is 25.9. The van der Waals surface area contributed by atoms with Crippen LogP contribution in [0, 0.1) is 18.8 Å². The van der Waals surface area contributed by atoms with Crippen LogP contribution in [0.1, 0.15) is 62.2 Å². The van der Waals surface area contributed by atoms with E-state index in [-0.39, 0.29) is 18.9 Å². The molecule has 2 aromatic rings. The van der Waals surface area contributed by atoms with Crippen LogP contribution in [0.15, 0.2) is 24.3 Å². The molecule has 1 unspecified atom stereocenters. The molecule has 0 spiro atoms. The lowest BCUT2D eigenvalue weighted by Gasteiger charge is -2.24. The molecule has 1 aliphatic rings. The van der Waals surface area contributed by atoms with Crippen molar-refractivity contribution in [1.29, 1.82) is 0 Å². The van der Waals surface area contributed by atoms with Gasteiger partial charge in [0.1, 0.15) is 0 Å². The molecule has 3 rings (SSSR count). The first kappa shape index (κ1) is 27.3. The molecule has 0 radical (unpaired) electrons. The van der Waals surface area contributed by atoms with Crippen molar-refractivity contribution in [2.45, 2.75) is 72.1 Å². The van der Waals surface area contributed by atoms with Crippen LogP contribution in [-0.4, -0.2) is 48.8 Å². The summed E-state index contributed by atoms with van der Waals surface area (Å²) in [6.07, 6.45) is 3.54. The summed E-state index contributed by atoms with van der Waals surface area (Å²) in [6, 6.07) is 8.38. The third-order valence-corrected chi connectivity index (χ3v) is 8.34. The number of nitrogens with two attached hydrogens (primary N) is 1. The van der Waals surface area contributed by atoms with Crippen LogP contribution >= 0.6 is 0 Å². The Balaban J connectivity index is 2.14. The van der Waals surface area contributed by atoms with Gasteiger partial charge in [0.05, 0.1) is 11.7 Å². The molecule has 7 heteroatoms. The molecule has 1 amide bonds. The maximum atomic E-state index is 13.5. The van der Waals surface area contributed by atoms with E-state index in [1.54, 1.807) is 4.90 Å². The second kappa shape index (κ2) is 11.2. The van der Waals surface area contributed by atoms with Gasteiger partial charge in [-0.15, -0.1) is 0 Å². The summed E-state index contributed by atoms with van der Waals surface area (Å²) in [4.78, 5) is 20.3. The Bertz CT molecular complexity index is 1150. The Labute approximate surface area is 211 Å². The van der Waals surface area contributed by atoms with Gasteiger partial charge >= 0.3 is 0 Å². The van der Waals surface area contributed by atoms with Crippen molar-refractivity contribution in [1.82, 2.24) is 9.88 Å². The number of hydrogen-bond acceptors (Lipinski definition) is 5. The van der Waals surface area contributed by atoms with Gasteiger partial charge in [0.15, 0.2) is 9.84 Å². The number of carbonyl (C=O) groups is 1. The highest BCUT2D eigenvalue weighted by Crippen LogP contribution is 2.34. The van der Waals surface area contributed by atoms with E-state index in [9.17, 15) is 13.2 Å². The zero-order valence-corrected chi connectivity index (χ0v) is 22.9. The second-order valence-electron chi connectivity index (χ2n) is 10.9. The van der Waals surface area contributed by atoms with E-state index >= 15 is 0 Å². The molecule has 35 heavy (non-hydrogen) atoms. The van der Waals surface area contributed by atoms with E-state index in [1.165, 1.54) is 11.8 Å². The molecule has 1 atom stereocenters. The Hall–Kier alpha value is -2.25. The van der Waals surface area contributed by atoms with Crippen LogP contribution < -0.4 is 5.73 Å². The van der Waals surface area contributed by atoms with Crippen molar-refractivity contribution in [2.24, 2.45) is 17.6 Å². The van der Waals surface area contributed by atoms with Crippen molar-refractivity contribution >= 4 is 15.7 Å². The van der Waals surface area contributed by atoms with Gasteiger partial charge in [0, 0.05) is 37.3 Å². The van der Waals surface area contributed by atoms with Crippen molar-refractivity contribution in [3.8, 4) is 11.1 Å². The molecule has 0 aliphatic carbocycles. The van der Waals surface area contributed by atoms with E-state index in [0.717, 1.165) is 46.5 Å². The number of nitrogens with zero attached hydrogens (tertiary/aromatic N) is 2. The second-order valence-corrected chi connectivity index (χ2v) is 13.2. The summed E-state index contributed by atoms with van der Waals surface area (Å²) >= 11 is 0. The van der Waals surface area contributed by atoms with Crippen LogP contribution in [-0.2, 0) is 40.4 Å². The van der Waals surface area contributed by atoms with Crippen molar-refractivity contribution in [3.05, 3.63) is 52.3 Å². The summed E-state index contributed by atoms with van der Waals surface area (Å²) < 4.78 is 24.1. The quantitative estimate of drug-likeness (QED) is 0.561. The minimum Gasteiger partial charge on any atom is -0.341 e. The molecule has 1 aromatic carbocycles. The first-order valence-electron chi connectivity index (χ1n) is 12.7. The number of aryl methyl sites for hydroxylation is 1. The van der Waals surface area contributed by atoms with Crippen LogP contribution in [0.3, 0.4) is 0 Å². The van der Waals surface area contributed by atoms with Gasteiger partial charge in [-0.3, -0.25) is 9.78 Å². The van der Waals surface area contributed by atoms with Gasteiger partial charge in [-0.1, -0.05) is 57.5 Å². The summed E-state index contributed by atoms with van der Waals surface area (Å²) in [7, 11) is -3.17. The fourth-order valence-corrected chi connectivity index (χ4v) is 5.91. The first-order valence-corrected chi connectivity index (χ1v) is 14.6. The standard InChI is InChI=1S/C28H41N3O3S/c1-18(2)13-25-23(15-27(32)31-12-11-22(17-31)35(6,33)34)28(21-9-7-20(5)8-10-21)24(16-29)26(30-25)14-19(3)4/h7-10,18-19,22H,11-17,29H2,1-6H3. The predicted molar refractivity (Wildman–Crippen MR) is 143 cm³/mol. The lowest BCUT2D eigenvalue weighted by atomic mass is 9.86. The maximum Gasteiger partial charge on any atom is 0.227 e. The van der Waals surface area contributed by atoms with Gasteiger partial charge in [-0.05, 0) is 60.3 Å². The molecule has 0 bridgehead atoms. The number of rotatable bonds is 9. The number of likely N-dealkylation sites (tertiary alicyclic amines) is 1. The van der Waals surface area contributed by atoms with Gasteiger partial charge in [-0.25, -0.2) is 8.42 Å². The zero-order valence-electron chi connectivity index (χ0n) is 22.1. The number of pyridine rings is 1. The molecule has 1 fully saturated rings. The van der Waals surface area contributed by atoms with Crippen LogP contribution in [0.25, 0.3) is 11.1 Å². The molecule has 1 aliphatic heterocycles. The Morgan fingerprint density at radius 1 is 1.06 bits per heavy atom. The normalized spacial score (nSPS) is 16.5. The van der Waals surface area contributed by atoms with Gasteiger partial charge in [-0.2, -0.15) is 0 Å². The van der Waals surface area contributed by atoms with Crippen LogP contribution in [0.4, 0.5) is 0 Å². The van der Waals surface area contributed by atoms with E-state index in [0.29, 0.717) is 31.3 Å². The monoisotopic (exact) mass is 499 g/mol. The van der Waals surface area contributed by atoms with Crippen molar-refractivity contribution in [2.75, 3.05) is 19.3 Å². The lowest BCUT2D eigenvalue weighted by Crippen LogP contribution is -2.33. The highest BCUT2D eigenvalue weighted by atomic mass is 32.2. The third kappa shape index (κ3) is 6.70. The van der Waals surface area contributed by atoms with E-state index in [4.69, 9.17) is 10.7 Å². The smallest absolute Gasteiger partial charge is 0.227 e. The maximum absolute atomic E-state index is 13.5. The molecule has 6 nitrogen and oxygen atoms in total. The van der Waals surface area contributed by atoms with Crippen molar-refractivity contribution < 1.29 is 13.2 Å². The van der Waals surface area contributed by atoms with Gasteiger partial charge < -0.3 is 10.6 Å². The summed E-state index contributed by atoms with van der Waals surface area (Å²) in [5.41, 5.74) is 13.5. The first-order chi connectivity index (χ1) is 16.4.